The topological polar surface area (TPSA) is 91.0 Å². The first-order valence-electron chi connectivity index (χ1n) is 11.9. The van der Waals surface area contributed by atoms with E-state index in [2.05, 4.69) is 30.7 Å². The Morgan fingerprint density at radius 2 is 1.27 bits per heavy atom. The van der Waals surface area contributed by atoms with Crippen molar-refractivity contribution in [1.29, 1.82) is 0 Å². The predicted molar refractivity (Wildman–Crippen MR) is 131 cm³/mol. The van der Waals surface area contributed by atoms with E-state index in [0.717, 1.165) is 50.2 Å². The quantitative estimate of drug-likeness (QED) is 0.304. The summed E-state index contributed by atoms with van der Waals surface area (Å²) in [6, 6.07) is 15.7. The van der Waals surface area contributed by atoms with Gasteiger partial charge in [-0.1, -0.05) is 63.8 Å². The number of benzene rings is 2. The number of aromatic hydroxyl groups is 1. The molecule has 2 aromatic rings. The van der Waals surface area contributed by atoms with Crippen molar-refractivity contribution >= 4 is 6.09 Å². The number of nitrogens with two attached hydrogens (primary N) is 1. The van der Waals surface area contributed by atoms with E-state index in [4.69, 9.17) is 15.2 Å². The van der Waals surface area contributed by atoms with E-state index < -0.39 is 6.09 Å². The van der Waals surface area contributed by atoms with E-state index in [1.165, 1.54) is 18.4 Å². The molecule has 1 amide bonds. The minimum absolute atomic E-state index is 0.142. The molecule has 3 N–H and O–H groups in total. The van der Waals surface area contributed by atoms with E-state index in [1.807, 2.05) is 24.3 Å². The molecular weight excluding hydrogens is 418 g/mol. The Bertz CT molecular complexity index is 802. The maximum atomic E-state index is 10.4. The number of carbonyl (C=O) groups excluding carboxylic acids is 1. The monoisotopic (exact) mass is 457 g/mol. The molecule has 0 fully saturated rings. The van der Waals surface area contributed by atoms with Crippen LogP contribution in [0.5, 0.6) is 11.5 Å². The number of phenols is 1. The van der Waals surface area contributed by atoms with Crippen molar-refractivity contribution < 1.29 is 24.1 Å². The summed E-state index contributed by atoms with van der Waals surface area (Å²) < 4.78 is 16.1. The number of phenolic OH excluding ortho intramolecular Hbond substituents is 1. The van der Waals surface area contributed by atoms with Crippen molar-refractivity contribution in [3.05, 3.63) is 59.7 Å². The summed E-state index contributed by atoms with van der Waals surface area (Å²) >= 11 is 0. The zero-order chi connectivity index (χ0) is 23.9. The fraction of sp³-hybridized carbons (Fsp3) is 0.519. The van der Waals surface area contributed by atoms with Crippen molar-refractivity contribution in [3.8, 4) is 11.5 Å². The van der Waals surface area contributed by atoms with E-state index >= 15 is 0 Å². The van der Waals surface area contributed by atoms with Crippen LogP contribution in [0.4, 0.5) is 4.79 Å². The number of hydrogen-bond acceptors (Lipinski definition) is 5. The van der Waals surface area contributed by atoms with Gasteiger partial charge in [0.2, 0.25) is 0 Å². The molecule has 2 aromatic carbocycles. The first kappa shape index (κ1) is 26.5. The van der Waals surface area contributed by atoms with Crippen LogP contribution in [0.1, 0.15) is 69.9 Å². The lowest BCUT2D eigenvalue weighted by atomic mass is 9.78. The van der Waals surface area contributed by atoms with Gasteiger partial charge in [0, 0.05) is 25.0 Å². The van der Waals surface area contributed by atoms with Crippen molar-refractivity contribution in [2.24, 2.45) is 5.73 Å². The van der Waals surface area contributed by atoms with Gasteiger partial charge in [-0.05, 0) is 48.2 Å². The van der Waals surface area contributed by atoms with Crippen molar-refractivity contribution in [3.63, 3.8) is 0 Å². The third-order valence-corrected chi connectivity index (χ3v) is 5.79. The maximum absolute atomic E-state index is 10.4. The van der Waals surface area contributed by atoms with Crippen LogP contribution in [-0.4, -0.2) is 37.6 Å². The molecule has 0 aromatic heterocycles. The minimum Gasteiger partial charge on any atom is -0.508 e. The maximum Gasteiger partial charge on any atom is 0.404 e. The number of carbonyl (C=O) groups is 1. The number of unbranched alkanes of at least 4 members (excludes halogenated alkanes) is 5. The summed E-state index contributed by atoms with van der Waals surface area (Å²) in [5.41, 5.74) is 7.12. The molecule has 0 heterocycles. The number of primary amides is 1. The van der Waals surface area contributed by atoms with Crippen LogP contribution in [-0.2, 0) is 14.9 Å². The lowest BCUT2D eigenvalue weighted by Crippen LogP contribution is -2.18. The van der Waals surface area contributed by atoms with Crippen LogP contribution in [0.3, 0.4) is 0 Å². The predicted octanol–water partition coefficient (Wildman–Crippen LogP) is 5.94. The molecule has 2 rings (SSSR count). The molecule has 0 aliphatic rings. The SMILES string of the molecule is CC(C)(c1ccc(O)cc1)c1ccc(OCCCCCCCCOCCCOC(N)=O)cc1. The van der Waals surface area contributed by atoms with Crippen molar-refractivity contribution in [1.82, 2.24) is 0 Å². The Balaban J connectivity index is 1.52. The van der Waals surface area contributed by atoms with Gasteiger partial charge in [-0.15, -0.1) is 0 Å². The van der Waals surface area contributed by atoms with Gasteiger partial charge >= 0.3 is 6.09 Å². The average Bonchev–Trinajstić information content (AvgIpc) is 2.79. The van der Waals surface area contributed by atoms with Crippen molar-refractivity contribution in [2.75, 3.05) is 26.4 Å². The summed E-state index contributed by atoms with van der Waals surface area (Å²) in [6.45, 7) is 6.77. The molecule has 0 saturated heterocycles. The van der Waals surface area contributed by atoms with Gasteiger partial charge in [0.05, 0.1) is 13.2 Å². The van der Waals surface area contributed by atoms with E-state index in [9.17, 15) is 9.90 Å². The molecule has 0 aliphatic heterocycles. The molecule has 6 heteroatoms. The normalized spacial score (nSPS) is 11.3. The molecule has 182 valence electrons. The second-order valence-electron chi connectivity index (χ2n) is 8.80. The summed E-state index contributed by atoms with van der Waals surface area (Å²) in [4.78, 5) is 10.4. The van der Waals surface area contributed by atoms with Gasteiger partial charge in [0.15, 0.2) is 0 Å². The first-order valence-corrected chi connectivity index (χ1v) is 11.9. The standard InChI is InChI=1S/C27H39NO5/c1-27(2,22-10-14-24(29)15-11-22)23-12-16-25(17-13-23)32-20-8-6-4-3-5-7-18-31-19-9-21-33-26(28)30/h10-17,29H,3-9,18-21H2,1-2H3,(H2,28,30). The summed E-state index contributed by atoms with van der Waals surface area (Å²) in [5.74, 6) is 1.19. The highest BCUT2D eigenvalue weighted by atomic mass is 16.5. The van der Waals surface area contributed by atoms with Crippen LogP contribution < -0.4 is 10.5 Å². The van der Waals surface area contributed by atoms with E-state index in [-0.39, 0.29) is 11.2 Å². The third kappa shape index (κ3) is 10.2. The van der Waals surface area contributed by atoms with Crippen LogP contribution in [0.15, 0.2) is 48.5 Å². The van der Waals surface area contributed by atoms with Crippen LogP contribution >= 0.6 is 0 Å². The number of hydrogen-bond donors (Lipinski definition) is 2. The second-order valence-corrected chi connectivity index (χ2v) is 8.80. The highest BCUT2D eigenvalue weighted by Crippen LogP contribution is 2.33. The molecule has 0 aliphatic carbocycles. The fourth-order valence-corrected chi connectivity index (χ4v) is 3.65. The van der Waals surface area contributed by atoms with Crippen LogP contribution in [0, 0.1) is 0 Å². The highest BCUT2D eigenvalue weighted by molar-refractivity contribution is 5.64. The van der Waals surface area contributed by atoms with Crippen LogP contribution in [0.2, 0.25) is 0 Å². The van der Waals surface area contributed by atoms with Crippen LogP contribution in [0.25, 0.3) is 0 Å². The molecule has 0 bridgehead atoms. The molecule has 0 atom stereocenters. The molecule has 0 unspecified atom stereocenters. The van der Waals surface area contributed by atoms with Gasteiger partial charge in [-0.3, -0.25) is 0 Å². The fourth-order valence-electron chi connectivity index (χ4n) is 3.65. The summed E-state index contributed by atoms with van der Waals surface area (Å²) in [6.07, 6.45) is 6.79. The Morgan fingerprint density at radius 3 is 1.88 bits per heavy atom. The Morgan fingerprint density at radius 1 is 0.758 bits per heavy atom. The lowest BCUT2D eigenvalue weighted by molar-refractivity contribution is 0.102. The van der Waals surface area contributed by atoms with Gasteiger partial charge in [0.1, 0.15) is 11.5 Å². The van der Waals surface area contributed by atoms with Gasteiger partial charge < -0.3 is 25.1 Å². The average molecular weight is 458 g/mol. The first-order chi connectivity index (χ1) is 15.9. The van der Waals surface area contributed by atoms with E-state index in [1.54, 1.807) is 12.1 Å². The summed E-state index contributed by atoms with van der Waals surface area (Å²) in [5, 5.41) is 9.52. The Hall–Kier alpha value is -2.73. The smallest absolute Gasteiger partial charge is 0.404 e. The number of rotatable bonds is 16. The number of ether oxygens (including phenoxy) is 3. The summed E-state index contributed by atoms with van der Waals surface area (Å²) in [7, 11) is 0. The van der Waals surface area contributed by atoms with Gasteiger partial charge in [-0.25, -0.2) is 4.79 Å². The van der Waals surface area contributed by atoms with Gasteiger partial charge in [-0.2, -0.15) is 0 Å². The Kier molecular flexibility index (Phi) is 11.6. The largest absolute Gasteiger partial charge is 0.508 e. The molecule has 6 nitrogen and oxygen atoms in total. The van der Waals surface area contributed by atoms with Gasteiger partial charge in [0.25, 0.3) is 0 Å². The lowest BCUT2D eigenvalue weighted by Gasteiger charge is -2.26. The highest BCUT2D eigenvalue weighted by Gasteiger charge is 2.23. The van der Waals surface area contributed by atoms with Crippen molar-refractivity contribution in [2.45, 2.75) is 64.2 Å². The number of amides is 1. The third-order valence-electron chi connectivity index (χ3n) is 5.79. The zero-order valence-corrected chi connectivity index (χ0v) is 20.1. The zero-order valence-electron chi connectivity index (χ0n) is 20.1. The van der Waals surface area contributed by atoms with E-state index in [0.29, 0.717) is 19.6 Å². The minimum atomic E-state index is -0.732. The molecular formula is C27H39NO5. The molecule has 0 spiro atoms. The molecule has 33 heavy (non-hydrogen) atoms. The second kappa shape index (κ2) is 14.4. The Labute approximate surface area is 198 Å². The molecule has 0 saturated carbocycles. The molecule has 0 radical (unpaired) electrons.